The molecule has 3 nitrogen and oxygen atoms in total. The van der Waals surface area contributed by atoms with Gasteiger partial charge >= 0.3 is 0 Å². The second-order valence-electron chi connectivity index (χ2n) is 5.43. The van der Waals surface area contributed by atoms with Crippen molar-refractivity contribution in [1.82, 2.24) is 9.80 Å². The number of nitrogens with zero attached hydrogens (tertiary/aromatic N) is 2. The molecule has 1 unspecified atom stereocenters. The number of rotatable bonds is 3. The van der Waals surface area contributed by atoms with Crippen molar-refractivity contribution in [1.29, 1.82) is 0 Å². The van der Waals surface area contributed by atoms with Crippen molar-refractivity contribution in [2.45, 2.75) is 31.7 Å². The van der Waals surface area contributed by atoms with Crippen LogP contribution in [-0.2, 0) is 0 Å². The van der Waals surface area contributed by atoms with E-state index in [1.807, 2.05) is 0 Å². The standard InChI is InChI=1S/C12H25N3/c1-14-8-11(9-14)5-7-15-6-3-2-4-12(13)10-15/h11-12H,2-10,13H2,1H3. The molecule has 2 N–H and O–H groups in total. The van der Waals surface area contributed by atoms with Gasteiger partial charge in [0.1, 0.15) is 0 Å². The van der Waals surface area contributed by atoms with E-state index in [2.05, 4.69) is 16.8 Å². The van der Waals surface area contributed by atoms with Crippen LogP contribution in [0, 0.1) is 5.92 Å². The normalized spacial score (nSPS) is 31.2. The molecule has 0 aromatic heterocycles. The van der Waals surface area contributed by atoms with Crippen molar-refractivity contribution in [3.63, 3.8) is 0 Å². The van der Waals surface area contributed by atoms with E-state index in [0.717, 1.165) is 12.5 Å². The molecule has 2 fully saturated rings. The van der Waals surface area contributed by atoms with Crippen LogP contribution < -0.4 is 5.73 Å². The van der Waals surface area contributed by atoms with Crippen LogP contribution in [0.4, 0.5) is 0 Å². The van der Waals surface area contributed by atoms with Crippen LogP contribution in [0.5, 0.6) is 0 Å². The van der Waals surface area contributed by atoms with Crippen LogP contribution in [0.15, 0.2) is 0 Å². The molecule has 1 atom stereocenters. The molecule has 0 aromatic carbocycles. The molecule has 0 bridgehead atoms. The Balaban J connectivity index is 1.64. The lowest BCUT2D eigenvalue weighted by molar-refractivity contribution is 0.112. The van der Waals surface area contributed by atoms with Crippen LogP contribution >= 0.6 is 0 Å². The van der Waals surface area contributed by atoms with Crippen LogP contribution in [0.1, 0.15) is 25.7 Å². The SMILES string of the molecule is CN1CC(CCN2CCCCC(N)C2)C1. The van der Waals surface area contributed by atoms with Crippen molar-refractivity contribution in [2.24, 2.45) is 11.7 Å². The summed E-state index contributed by atoms with van der Waals surface area (Å²) in [4.78, 5) is 4.98. The molecule has 2 aliphatic rings. The first-order valence-electron chi connectivity index (χ1n) is 6.40. The fourth-order valence-electron chi connectivity index (χ4n) is 2.84. The molecule has 2 rings (SSSR count). The fraction of sp³-hybridized carbons (Fsp3) is 1.00. The third-order valence-corrected chi connectivity index (χ3v) is 3.79. The lowest BCUT2D eigenvalue weighted by Crippen LogP contribution is -2.45. The zero-order valence-corrected chi connectivity index (χ0v) is 9.99. The quantitative estimate of drug-likeness (QED) is 0.748. The molecule has 3 heteroatoms. The summed E-state index contributed by atoms with van der Waals surface area (Å²) in [5.74, 6) is 0.953. The van der Waals surface area contributed by atoms with Gasteiger partial charge in [0.2, 0.25) is 0 Å². The maximum Gasteiger partial charge on any atom is 0.0167 e. The Bertz CT molecular complexity index is 189. The van der Waals surface area contributed by atoms with Crippen LogP contribution in [0.3, 0.4) is 0 Å². The molecule has 0 aromatic rings. The van der Waals surface area contributed by atoms with Crippen LogP contribution in [-0.4, -0.2) is 55.6 Å². The first kappa shape index (κ1) is 11.4. The predicted octanol–water partition coefficient (Wildman–Crippen LogP) is 0.751. The van der Waals surface area contributed by atoms with Gasteiger partial charge in [-0.25, -0.2) is 0 Å². The van der Waals surface area contributed by atoms with Gasteiger partial charge in [0.25, 0.3) is 0 Å². The molecular weight excluding hydrogens is 186 g/mol. The van der Waals surface area contributed by atoms with E-state index in [0.29, 0.717) is 6.04 Å². The second-order valence-corrected chi connectivity index (χ2v) is 5.43. The molecule has 0 amide bonds. The number of hydrogen-bond acceptors (Lipinski definition) is 3. The van der Waals surface area contributed by atoms with Gasteiger partial charge in [0.05, 0.1) is 0 Å². The van der Waals surface area contributed by atoms with Gasteiger partial charge in [-0.2, -0.15) is 0 Å². The molecule has 2 heterocycles. The summed E-state index contributed by atoms with van der Waals surface area (Å²) < 4.78 is 0. The van der Waals surface area contributed by atoms with Crippen molar-refractivity contribution in [3.05, 3.63) is 0 Å². The average molecular weight is 211 g/mol. The van der Waals surface area contributed by atoms with Crippen LogP contribution in [0.2, 0.25) is 0 Å². The summed E-state index contributed by atoms with van der Waals surface area (Å²) in [7, 11) is 2.21. The van der Waals surface area contributed by atoms with Crippen molar-refractivity contribution in [3.8, 4) is 0 Å². The Morgan fingerprint density at radius 2 is 2.00 bits per heavy atom. The lowest BCUT2D eigenvalue weighted by Gasteiger charge is -2.37. The highest BCUT2D eigenvalue weighted by molar-refractivity contribution is 4.79. The minimum atomic E-state index is 0.427. The van der Waals surface area contributed by atoms with Crippen LogP contribution in [0.25, 0.3) is 0 Å². The van der Waals surface area contributed by atoms with Gasteiger partial charge in [0.15, 0.2) is 0 Å². The van der Waals surface area contributed by atoms with Gasteiger partial charge in [-0.05, 0) is 45.3 Å². The van der Waals surface area contributed by atoms with Crippen molar-refractivity contribution in [2.75, 3.05) is 39.8 Å². The Morgan fingerprint density at radius 3 is 2.73 bits per heavy atom. The van der Waals surface area contributed by atoms with E-state index in [9.17, 15) is 0 Å². The number of hydrogen-bond donors (Lipinski definition) is 1. The van der Waals surface area contributed by atoms with Gasteiger partial charge in [-0.15, -0.1) is 0 Å². The summed E-state index contributed by atoms with van der Waals surface area (Å²) in [6.07, 6.45) is 5.27. The Labute approximate surface area is 93.6 Å². The topological polar surface area (TPSA) is 32.5 Å². The molecule has 0 aliphatic carbocycles. The molecule has 15 heavy (non-hydrogen) atoms. The van der Waals surface area contributed by atoms with Crippen molar-refractivity contribution < 1.29 is 0 Å². The predicted molar refractivity (Wildman–Crippen MR) is 63.9 cm³/mol. The zero-order chi connectivity index (χ0) is 10.7. The Morgan fingerprint density at radius 1 is 1.20 bits per heavy atom. The summed E-state index contributed by atoms with van der Waals surface area (Å²) in [5, 5.41) is 0. The molecule has 0 saturated carbocycles. The van der Waals surface area contributed by atoms with Crippen molar-refractivity contribution >= 4 is 0 Å². The van der Waals surface area contributed by atoms with Gasteiger partial charge in [-0.3, -0.25) is 0 Å². The average Bonchev–Trinajstić information content (AvgIpc) is 2.35. The summed E-state index contributed by atoms with van der Waals surface area (Å²) >= 11 is 0. The van der Waals surface area contributed by atoms with Gasteiger partial charge < -0.3 is 15.5 Å². The van der Waals surface area contributed by atoms with E-state index in [-0.39, 0.29) is 0 Å². The van der Waals surface area contributed by atoms with E-state index in [1.165, 1.54) is 51.9 Å². The highest BCUT2D eigenvalue weighted by atomic mass is 15.2. The first-order valence-corrected chi connectivity index (χ1v) is 6.40. The fourth-order valence-corrected chi connectivity index (χ4v) is 2.84. The summed E-state index contributed by atoms with van der Waals surface area (Å²) in [5.41, 5.74) is 6.05. The van der Waals surface area contributed by atoms with E-state index < -0.39 is 0 Å². The number of nitrogens with two attached hydrogens (primary N) is 1. The monoisotopic (exact) mass is 211 g/mol. The lowest BCUT2D eigenvalue weighted by atomic mass is 9.97. The highest BCUT2D eigenvalue weighted by Crippen LogP contribution is 2.18. The third-order valence-electron chi connectivity index (χ3n) is 3.79. The third kappa shape index (κ3) is 3.44. The minimum Gasteiger partial charge on any atom is -0.327 e. The molecule has 2 aliphatic heterocycles. The maximum atomic E-state index is 6.05. The molecule has 2 saturated heterocycles. The minimum absolute atomic E-state index is 0.427. The summed E-state index contributed by atoms with van der Waals surface area (Å²) in [6, 6.07) is 0.427. The first-order chi connectivity index (χ1) is 7.24. The molecule has 0 radical (unpaired) electrons. The second kappa shape index (κ2) is 5.28. The maximum absolute atomic E-state index is 6.05. The zero-order valence-electron chi connectivity index (χ0n) is 9.99. The molecule has 88 valence electrons. The summed E-state index contributed by atoms with van der Waals surface area (Å²) in [6.45, 7) is 6.28. The van der Waals surface area contributed by atoms with Gasteiger partial charge in [0, 0.05) is 25.7 Å². The van der Waals surface area contributed by atoms with E-state index >= 15 is 0 Å². The smallest absolute Gasteiger partial charge is 0.0167 e. The number of likely N-dealkylation sites (tertiary alicyclic amines) is 2. The Hall–Kier alpha value is -0.120. The van der Waals surface area contributed by atoms with E-state index in [4.69, 9.17) is 5.73 Å². The largest absolute Gasteiger partial charge is 0.327 e. The molecule has 0 spiro atoms. The molecular formula is C12H25N3. The van der Waals surface area contributed by atoms with Gasteiger partial charge in [-0.1, -0.05) is 6.42 Å². The highest BCUT2D eigenvalue weighted by Gasteiger charge is 2.24. The Kier molecular flexibility index (Phi) is 4.00. The van der Waals surface area contributed by atoms with E-state index in [1.54, 1.807) is 0 Å².